The first-order valence-electron chi connectivity index (χ1n) is 10.3. The van der Waals surface area contributed by atoms with E-state index >= 15 is 0 Å². The monoisotopic (exact) mass is 479 g/mol. The van der Waals surface area contributed by atoms with Crippen molar-refractivity contribution in [2.45, 2.75) is 50.5 Å². The van der Waals surface area contributed by atoms with Crippen molar-refractivity contribution in [2.24, 2.45) is 0 Å². The minimum absolute atomic E-state index is 0.0769. The molecule has 2 aromatic rings. The van der Waals surface area contributed by atoms with Gasteiger partial charge in [-0.3, -0.25) is 4.79 Å². The number of anilines is 1. The van der Waals surface area contributed by atoms with Gasteiger partial charge in [0.15, 0.2) is 15.9 Å². The number of nitrogens with one attached hydrogen (secondary N) is 1. The van der Waals surface area contributed by atoms with Crippen LogP contribution in [0, 0.1) is 0 Å². The van der Waals surface area contributed by atoms with Crippen LogP contribution < -0.4 is 5.32 Å². The largest absolute Gasteiger partial charge is 0.462 e. The molecule has 3 rings (SSSR count). The second-order valence-corrected chi connectivity index (χ2v) is 10.6. The first kappa shape index (κ1) is 23.9. The van der Waals surface area contributed by atoms with Gasteiger partial charge in [0.1, 0.15) is 5.00 Å². The van der Waals surface area contributed by atoms with Gasteiger partial charge in [0, 0.05) is 11.1 Å². The van der Waals surface area contributed by atoms with Crippen molar-refractivity contribution < 1.29 is 32.3 Å². The number of ether oxygens (including phenoxy) is 2. The molecule has 0 saturated heterocycles. The van der Waals surface area contributed by atoms with Crippen LogP contribution in [0.4, 0.5) is 5.00 Å². The first-order valence-corrected chi connectivity index (χ1v) is 13.0. The Bertz CT molecular complexity index is 1130. The highest BCUT2D eigenvalue weighted by Gasteiger charge is 2.29. The van der Waals surface area contributed by atoms with E-state index in [0.29, 0.717) is 10.6 Å². The average molecular weight is 480 g/mol. The molecule has 1 aliphatic carbocycles. The molecule has 1 unspecified atom stereocenters. The van der Waals surface area contributed by atoms with E-state index in [2.05, 4.69) is 5.32 Å². The Morgan fingerprint density at radius 2 is 1.75 bits per heavy atom. The molecule has 1 aliphatic rings. The lowest BCUT2D eigenvalue weighted by Crippen LogP contribution is -2.30. The van der Waals surface area contributed by atoms with Gasteiger partial charge in [-0.25, -0.2) is 18.0 Å². The summed E-state index contributed by atoms with van der Waals surface area (Å²) >= 11 is 1.35. The van der Waals surface area contributed by atoms with Gasteiger partial charge in [-0.1, -0.05) is 0 Å². The van der Waals surface area contributed by atoms with Crippen LogP contribution in [0.25, 0.3) is 0 Å². The van der Waals surface area contributed by atoms with E-state index in [1.165, 1.54) is 42.5 Å². The van der Waals surface area contributed by atoms with E-state index in [1.807, 2.05) is 0 Å². The molecule has 1 heterocycles. The Hall–Kier alpha value is -2.72. The van der Waals surface area contributed by atoms with Crippen molar-refractivity contribution in [2.75, 3.05) is 18.2 Å². The number of rotatable bonds is 7. The molecular weight excluding hydrogens is 454 g/mol. The Kier molecular flexibility index (Phi) is 7.35. The number of aryl methyl sites for hydroxylation is 1. The van der Waals surface area contributed by atoms with Crippen molar-refractivity contribution in [1.82, 2.24) is 0 Å². The van der Waals surface area contributed by atoms with Gasteiger partial charge in [-0.2, -0.15) is 0 Å². The fraction of sp³-hybridized carbons (Fsp3) is 0.409. The summed E-state index contributed by atoms with van der Waals surface area (Å²) in [6, 6.07) is 5.27. The molecule has 10 heteroatoms. The number of fused-ring (bicyclic) bond motifs is 1. The number of benzene rings is 1. The quantitative estimate of drug-likeness (QED) is 0.605. The third kappa shape index (κ3) is 5.36. The Morgan fingerprint density at radius 1 is 1.09 bits per heavy atom. The third-order valence-electron chi connectivity index (χ3n) is 5.06. The lowest BCUT2D eigenvalue weighted by Gasteiger charge is -2.14. The molecular formula is C22H25NO7S2. The standard InChI is InChI=1S/C22H25NO7S2/c1-4-29-22(26)18-16-7-5-6-8-17(16)31-20(18)23-19(24)13(2)30-21(25)14-9-11-15(12-10-14)32(3,27)28/h9-13H,4-8H2,1-3H3,(H,23,24). The Morgan fingerprint density at radius 3 is 2.38 bits per heavy atom. The molecule has 1 amide bonds. The number of carbonyl (C=O) groups is 3. The maximum atomic E-state index is 12.7. The minimum Gasteiger partial charge on any atom is -0.462 e. The molecule has 8 nitrogen and oxygen atoms in total. The fourth-order valence-corrected chi connectivity index (χ4v) is 5.32. The van der Waals surface area contributed by atoms with E-state index in [9.17, 15) is 22.8 Å². The Labute approximate surface area is 190 Å². The van der Waals surface area contributed by atoms with E-state index in [4.69, 9.17) is 9.47 Å². The molecule has 172 valence electrons. The normalized spacial score (nSPS) is 14.2. The van der Waals surface area contributed by atoms with E-state index in [-0.39, 0.29) is 17.1 Å². The summed E-state index contributed by atoms with van der Waals surface area (Å²) in [5.41, 5.74) is 1.43. The number of hydrogen-bond donors (Lipinski definition) is 1. The summed E-state index contributed by atoms with van der Waals surface area (Å²) < 4.78 is 33.5. The van der Waals surface area contributed by atoms with Gasteiger partial charge in [-0.05, 0) is 69.4 Å². The third-order valence-corrected chi connectivity index (χ3v) is 7.39. The molecule has 1 aromatic carbocycles. The van der Waals surface area contributed by atoms with Crippen molar-refractivity contribution >= 4 is 44.0 Å². The highest BCUT2D eigenvalue weighted by molar-refractivity contribution is 7.90. The smallest absolute Gasteiger partial charge is 0.341 e. The summed E-state index contributed by atoms with van der Waals surface area (Å²) in [5, 5.41) is 3.12. The number of sulfone groups is 1. The molecule has 1 aromatic heterocycles. The van der Waals surface area contributed by atoms with Crippen molar-refractivity contribution in [3.05, 3.63) is 45.8 Å². The molecule has 32 heavy (non-hydrogen) atoms. The van der Waals surface area contributed by atoms with E-state index in [1.54, 1.807) is 6.92 Å². The molecule has 1 N–H and O–H groups in total. The van der Waals surface area contributed by atoms with Gasteiger partial charge in [0.05, 0.1) is 22.6 Å². The molecule has 0 fully saturated rings. The average Bonchev–Trinajstić information content (AvgIpc) is 3.11. The van der Waals surface area contributed by atoms with Gasteiger partial charge < -0.3 is 14.8 Å². The number of hydrogen-bond acceptors (Lipinski definition) is 8. The summed E-state index contributed by atoms with van der Waals surface area (Å²) in [4.78, 5) is 38.7. The summed E-state index contributed by atoms with van der Waals surface area (Å²) in [6.45, 7) is 3.37. The fourth-order valence-electron chi connectivity index (χ4n) is 3.41. The van der Waals surface area contributed by atoms with Gasteiger partial charge in [-0.15, -0.1) is 11.3 Å². The Balaban J connectivity index is 1.72. The molecule has 0 saturated carbocycles. The minimum atomic E-state index is -3.39. The SMILES string of the molecule is CCOC(=O)c1c(NC(=O)C(C)OC(=O)c2ccc(S(C)(=O)=O)cc2)sc2c1CCCC2. The zero-order valence-electron chi connectivity index (χ0n) is 18.1. The summed E-state index contributed by atoms with van der Waals surface area (Å²) in [7, 11) is -3.39. The van der Waals surface area contributed by atoms with Crippen molar-refractivity contribution in [3.63, 3.8) is 0 Å². The van der Waals surface area contributed by atoms with Crippen LogP contribution in [-0.4, -0.2) is 45.2 Å². The topological polar surface area (TPSA) is 116 Å². The second kappa shape index (κ2) is 9.83. The zero-order chi connectivity index (χ0) is 23.5. The lowest BCUT2D eigenvalue weighted by molar-refractivity contribution is -0.123. The van der Waals surface area contributed by atoms with Crippen molar-refractivity contribution in [1.29, 1.82) is 0 Å². The number of amides is 1. The first-order chi connectivity index (χ1) is 15.1. The lowest BCUT2D eigenvalue weighted by atomic mass is 9.95. The van der Waals surface area contributed by atoms with Crippen LogP contribution in [0.5, 0.6) is 0 Å². The molecule has 1 atom stereocenters. The second-order valence-electron chi connectivity index (χ2n) is 7.47. The summed E-state index contributed by atoms with van der Waals surface area (Å²) in [5.74, 6) is -1.81. The molecule has 0 radical (unpaired) electrons. The van der Waals surface area contributed by atoms with Gasteiger partial charge in [0.2, 0.25) is 0 Å². The summed E-state index contributed by atoms with van der Waals surface area (Å²) in [6.07, 6.45) is 3.52. The molecule has 0 bridgehead atoms. The molecule has 0 spiro atoms. The molecule has 0 aliphatic heterocycles. The van der Waals surface area contributed by atoms with Crippen LogP contribution in [0.2, 0.25) is 0 Å². The maximum Gasteiger partial charge on any atom is 0.341 e. The number of carbonyl (C=O) groups excluding carboxylic acids is 3. The van der Waals surface area contributed by atoms with Crippen LogP contribution in [0.1, 0.15) is 57.8 Å². The van der Waals surface area contributed by atoms with Crippen LogP contribution >= 0.6 is 11.3 Å². The van der Waals surface area contributed by atoms with Crippen LogP contribution in [-0.2, 0) is 36.9 Å². The van der Waals surface area contributed by atoms with Crippen LogP contribution in [0.3, 0.4) is 0 Å². The van der Waals surface area contributed by atoms with E-state index < -0.39 is 33.8 Å². The van der Waals surface area contributed by atoms with Gasteiger partial charge >= 0.3 is 11.9 Å². The highest BCUT2D eigenvalue weighted by Crippen LogP contribution is 2.38. The van der Waals surface area contributed by atoms with E-state index in [0.717, 1.165) is 42.4 Å². The van der Waals surface area contributed by atoms with Crippen molar-refractivity contribution in [3.8, 4) is 0 Å². The predicted octanol–water partition coefficient (Wildman–Crippen LogP) is 3.39. The predicted molar refractivity (Wildman–Crippen MR) is 120 cm³/mol. The van der Waals surface area contributed by atoms with Crippen LogP contribution in [0.15, 0.2) is 29.2 Å². The highest BCUT2D eigenvalue weighted by atomic mass is 32.2. The number of thiophene rings is 1. The zero-order valence-corrected chi connectivity index (χ0v) is 19.7. The van der Waals surface area contributed by atoms with Gasteiger partial charge in [0.25, 0.3) is 5.91 Å². The number of esters is 2. The maximum absolute atomic E-state index is 12.7.